The van der Waals surface area contributed by atoms with Crippen molar-refractivity contribution in [1.29, 1.82) is 0 Å². The summed E-state index contributed by atoms with van der Waals surface area (Å²) in [6.07, 6.45) is -1.85. The molecule has 3 aromatic heterocycles. The van der Waals surface area contributed by atoms with Crippen molar-refractivity contribution in [2.45, 2.75) is 52.3 Å². The van der Waals surface area contributed by atoms with Crippen LogP contribution in [0.25, 0.3) is 11.0 Å². The summed E-state index contributed by atoms with van der Waals surface area (Å²) in [7, 11) is 1.86. The summed E-state index contributed by atoms with van der Waals surface area (Å²) in [6, 6.07) is 0. The Balaban J connectivity index is 1.51. The molecule has 0 radical (unpaired) electrons. The first-order valence-electron chi connectivity index (χ1n) is 9.55. The van der Waals surface area contributed by atoms with Crippen LogP contribution in [0.3, 0.4) is 0 Å². The lowest BCUT2D eigenvalue weighted by molar-refractivity contribution is -0.142. The number of carbonyl (C=O) groups excluding carboxylic acids is 1. The Morgan fingerprint density at radius 2 is 1.97 bits per heavy atom. The van der Waals surface area contributed by atoms with Crippen LogP contribution in [0.5, 0.6) is 0 Å². The van der Waals surface area contributed by atoms with Crippen LogP contribution in [0.15, 0.2) is 0 Å². The van der Waals surface area contributed by atoms with Crippen molar-refractivity contribution in [3.05, 3.63) is 32.5 Å². The first kappa shape index (κ1) is 19.9. The minimum absolute atomic E-state index is 0.208. The maximum absolute atomic E-state index is 13.3. The van der Waals surface area contributed by atoms with Crippen molar-refractivity contribution in [2.75, 3.05) is 6.54 Å². The summed E-state index contributed by atoms with van der Waals surface area (Å²) >= 11 is 1.38. The van der Waals surface area contributed by atoms with Crippen molar-refractivity contribution < 1.29 is 18.0 Å². The largest absolute Gasteiger partial charge is 0.435 e. The third-order valence-electron chi connectivity index (χ3n) is 5.46. The molecule has 3 heterocycles. The number of imidazole rings is 1. The molecule has 29 heavy (non-hydrogen) atoms. The molecule has 1 aliphatic carbocycles. The highest BCUT2D eigenvalue weighted by molar-refractivity contribution is 7.15. The second-order valence-corrected chi connectivity index (χ2v) is 8.59. The topological polar surface area (TPSA) is 64.7 Å². The summed E-state index contributed by atoms with van der Waals surface area (Å²) in [5.74, 6) is 0.580. The number of carbonyl (C=O) groups is 1. The average molecular weight is 425 g/mol. The molecule has 4 rings (SSSR count). The molecule has 0 saturated carbocycles. The minimum Gasteiger partial charge on any atom is -0.349 e. The predicted molar refractivity (Wildman–Crippen MR) is 104 cm³/mol. The maximum atomic E-state index is 13.3. The van der Waals surface area contributed by atoms with E-state index in [1.807, 2.05) is 25.5 Å². The fourth-order valence-electron chi connectivity index (χ4n) is 3.96. The first-order chi connectivity index (χ1) is 13.7. The van der Waals surface area contributed by atoms with Crippen molar-refractivity contribution in [1.82, 2.24) is 24.6 Å². The Morgan fingerprint density at radius 1 is 1.24 bits per heavy atom. The Kier molecular flexibility index (Phi) is 4.92. The Labute approximate surface area is 169 Å². The highest BCUT2D eigenvalue weighted by Crippen LogP contribution is 2.36. The van der Waals surface area contributed by atoms with Gasteiger partial charge in [-0.05, 0) is 39.5 Å². The van der Waals surface area contributed by atoms with Crippen LogP contribution in [-0.4, -0.2) is 31.8 Å². The highest BCUT2D eigenvalue weighted by atomic mass is 32.1. The number of hydrogen-bond donors (Lipinski definition) is 1. The van der Waals surface area contributed by atoms with Crippen LogP contribution >= 0.6 is 11.3 Å². The van der Waals surface area contributed by atoms with Gasteiger partial charge in [0.25, 0.3) is 5.91 Å². The zero-order valence-electron chi connectivity index (χ0n) is 16.5. The number of amides is 1. The molecule has 0 atom stereocenters. The van der Waals surface area contributed by atoms with Gasteiger partial charge in [0.1, 0.15) is 16.2 Å². The monoisotopic (exact) mass is 425 g/mol. The number of alkyl halides is 3. The van der Waals surface area contributed by atoms with Gasteiger partial charge in [-0.2, -0.15) is 18.3 Å². The number of nitrogens with zero attached hydrogens (tertiary/aromatic N) is 4. The molecule has 156 valence electrons. The van der Waals surface area contributed by atoms with Gasteiger partial charge >= 0.3 is 6.18 Å². The number of halogens is 3. The molecule has 0 spiro atoms. The van der Waals surface area contributed by atoms with Crippen molar-refractivity contribution in [3.63, 3.8) is 0 Å². The van der Waals surface area contributed by atoms with Crippen LogP contribution in [0.2, 0.25) is 0 Å². The van der Waals surface area contributed by atoms with Crippen molar-refractivity contribution in [3.8, 4) is 0 Å². The fourth-order valence-corrected chi connectivity index (χ4v) is 5.00. The van der Waals surface area contributed by atoms with E-state index in [9.17, 15) is 18.0 Å². The summed E-state index contributed by atoms with van der Waals surface area (Å²) in [6.45, 7) is 4.22. The van der Waals surface area contributed by atoms with Crippen molar-refractivity contribution in [2.24, 2.45) is 7.05 Å². The molecule has 6 nitrogen and oxygen atoms in total. The van der Waals surface area contributed by atoms with Gasteiger partial charge in [0.2, 0.25) is 0 Å². The molecule has 0 saturated heterocycles. The molecule has 1 aliphatic rings. The molecule has 0 unspecified atom stereocenters. The first-order valence-corrected chi connectivity index (χ1v) is 10.4. The zero-order chi connectivity index (χ0) is 20.9. The Morgan fingerprint density at radius 3 is 2.69 bits per heavy atom. The zero-order valence-corrected chi connectivity index (χ0v) is 17.3. The fraction of sp³-hybridized carbons (Fsp3) is 0.526. The number of hydrogen-bond acceptors (Lipinski definition) is 4. The van der Waals surface area contributed by atoms with E-state index >= 15 is 0 Å². The highest BCUT2D eigenvalue weighted by Gasteiger charge is 2.39. The minimum atomic E-state index is -4.45. The van der Waals surface area contributed by atoms with Crippen LogP contribution in [-0.2, 0) is 32.6 Å². The number of nitrogens with one attached hydrogen (secondary N) is 1. The SMILES string of the molecule is Cc1sc(C(=O)NCCn2nc(C(F)(F)F)c3c2CCCC3)c2c1nc(C)n2C. The van der Waals surface area contributed by atoms with E-state index in [0.29, 0.717) is 29.0 Å². The summed E-state index contributed by atoms with van der Waals surface area (Å²) in [5, 5.41) is 6.67. The average Bonchev–Trinajstić information content (AvgIpc) is 3.29. The van der Waals surface area contributed by atoms with Gasteiger partial charge in [-0.1, -0.05) is 0 Å². The molecule has 10 heteroatoms. The van der Waals surface area contributed by atoms with E-state index in [2.05, 4.69) is 15.4 Å². The number of fused-ring (bicyclic) bond motifs is 2. The molecular formula is C19H22F3N5OS. The van der Waals surface area contributed by atoms with Crippen LogP contribution < -0.4 is 5.32 Å². The quantitative estimate of drug-likeness (QED) is 0.692. The van der Waals surface area contributed by atoms with Gasteiger partial charge in [0.05, 0.1) is 12.1 Å². The van der Waals surface area contributed by atoms with Crippen LogP contribution in [0.4, 0.5) is 13.2 Å². The van der Waals surface area contributed by atoms with E-state index in [1.165, 1.54) is 16.0 Å². The summed E-state index contributed by atoms with van der Waals surface area (Å²) in [4.78, 5) is 18.7. The van der Waals surface area contributed by atoms with Gasteiger partial charge < -0.3 is 9.88 Å². The van der Waals surface area contributed by atoms with Gasteiger partial charge in [0.15, 0.2) is 5.69 Å². The maximum Gasteiger partial charge on any atom is 0.435 e. The molecule has 0 aromatic carbocycles. The number of thiophene rings is 1. The lowest BCUT2D eigenvalue weighted by Crippen LogP contribution is -2.28. The van der Waals surface area contributed by atoms with E-state index < -0.39 is 11.9 Å². The number of aromatic nitrogens is 4. The summed E-state index contributed by atoms with van der Waals surface area (Å²) in [5.41, 5.74) is 1.79. The molecule has 1 amide bonds. The second kappa shape index (κ2) is 7.16. The lowest BCUT2D eigenvalue weighted by Gasteiger charge is -2.15. The van der Waals surface area contributed by atoms with E-state index in [4.69, 9.17) is 0 Å². The third kappa shape index (κ3) is 3.43. The Bertz CT molecular complexity index is 1090. The molecule has 0 bridgehead atoms. The van der Waals surface area contributed by atoms with E-state index in [-0.39, 0.29) is 19.0 Å². The Hall–Kier alpha value is -2.36. The van der Waals surface area contributed by atoms with Crippen LogP contribution in [0, 0.1) is 13.8 Å². The summed E-state index contributed by atoms with van der Waals surface area (Å²) < 4.78 is 43.2. The normalized spacial score (nSPS) is 14.4. The molecule has 0 aliphatic heterocycles. The lowest BCUT2D eigenvalue weighted by atomic mass is 9.95. The van der Waals surface area contributed by atoms with Crippen molar-refractivity contribution >= 4 is 28.3 Å². The van der Waals surface area contributed by atoms with E-state index in [0.717, 1.165) is 34.6 Å². The predicted octanol–water partition coefficient (Wildman–Crippen LogP) is 3.78. The molecule has 1 N–H and O–H groups in total. The van der Waals surface area contributed by atoms with Gasteiger partial charge in [-0.25, -0.2) is 4.98 Å². The van der Waals surface area contributed by atoms with E-state index in [1.54, 1.807) is 0 Å². The second-order valence-electron chi connectivity index (χ2n) is 7.36. The molecule has 0 fully saturated rings. The van der Waals surface area contributed by atoms with Gasteiger partial charge in [0, 0.05) is 29.7 Å². The number of rotatable bonds is 4. The smallest absolute Gasteiger partial charge is 0.349 e. The standard InChI is InChI=1S/C19H22F3N5OS/c1-10-14-15(26(3)11(2)24-14)16(29-10)18(28)23-8-9-27-13-7-5-4-6-12(13)17(25-27)19(20,21)22/h4-9H2,1-3H3,(H,23,28). The van der Waals surface area contributed by atoms with Crippen LogP contribution in [0.1, 0.15) is 50.2 Å². The number of aryl methyl sites for hydroxylation is 3. The third-order valence-corrected chi connectivity index (χ3v) is 6.55. The molecule has 3 aromatic rings. The van der Waals surface area contributed by atoms with Gasteiger partial charge in [-0.15, -0.1) is 11.3 Å². The van der Waals surface area contributed by atoms with Gasteiger partial charge in [-0.3, -0.25) is 9.48 Å². The molecular weight excluding hydrogens is 403 g/mol.